The molecule has 0 aliphatic carbocycles. The number of hydrogen-bond donors (Lipinski definition) is 8. The van der Waals surface area contributed by atoms with Crippen LogP contribution < -0.4 is 79.7 Å². The highest BCUT2D eigenvalue weighted by atomic mass is 35.5. The van der Waals surface area contributed by atoms with Crippen LogP contribution in [0.3, 0.4) is 0 Å². The summed E-state index contributed by atoms with van der Waals surface area (Å²) in [6, 6.07) is 45.3. The molecule has 4 aliphatic rings. The van der Waals surface area contributed by atoms with E-state index in [1.165, 1.54) is 72.8 Å². The Hall–Kier alpha value is -15.4. The van der Waals surface area contributed by atoms with Crippen molar-refractivity contribution >= 4 is 80.2 Å². The molecular weight excluding hydrogens is 1900 g/mol. The van der Waals surface area contributed by atoms with E-state index in [-0.39, 0.29) is 166 Å². The van der Waals surface area contributed by atoms with Crippen molar-refractivity contribution in [3.05, 3.63) is 339 Å². The minimum Gasteiger partial charge on any atom is -0.490 e. The van der Waals surface area contributed by atoms with Gasteiger partial charge >= 0.3 is 0 Å². The molecular formula is C110H111ClF8N20O7. The van der Waals surface area contributed by atoms with Crippen molar-refractivity contribution in [3.8, 4) is 62.3 Å². The number of nitrogens with two attached hydrogens (primary N) is 8. The van der Waals surface area contributed by atoms with Gasteiger partial charge in [0, 0.05) is 218 Å². The van der Waals surface area contributed by atoms with Gasteiger partial charge < -0.3 is 79.7 Å². The van der Waals surface area contributed by atoms with Crippen molar-refractivity contribution in [1.29, 1.82) is 0 Å². The molecule has 0 radical (unpaired) electrons. The number of nitrogen functional groups attached to an aromatic ring is 4. The number of carbonyl (C=O) groups is 4. The summed E-state index contributed by atoms with van der Waals surface area (Å²) in [5.74, 6) is -8.26. The maximum atomic E-state index is 15.5. The van der Waals surface area contributed by atoms with Crippen LogP contribution in [0.15, 0.2) is 232 Å². The summed E-state index contributed by atoms with van der Waals surface area (Å²) in [5.41, 5.74) is 55.9. The standard InChI is InChI=1S/C30H28ClF2N5O2.C30H28F3N5O2.C27H31F2N5O2.C23H24FN5O/c2*31-21-6-2-1-4-18(21)17-40-27-10-7-22(32)28(29(27)33)24-9-8-23(35)30(37-24)26(39)14-19-15-36-12-11-25(19)38-13-3-5-20(34)16-38;1-2-3-13-36-24-9-6-19(28)25(26(24)29)21-8-7-20(31)27(33-21)23(35)14-17-15-32-11-10-22(17)34-12-4-5-18(30)16-34;24-18-6-2-1-5-17(18)20-8-7-19(26)23(28-20)22(30)12-15-13-27-10-9-21(15)29-11-3-4-16(25)14-29/h2*1-2,4,6-12,15,20H,3,5,13-14,16-17,34-35H2;6-11,15,18H,2-5,12-14,16,30-31H2,1H3;1-2,5-10,13,16H,3-4,11-12,14,25-26H2/t2*20-;18-;16-/m0001/s1. The molecule has 16 N–H and O–H groups in total. The number of anilines is 8. The van der Waals surface area contributed by atoms with Gasteiger partial charge in [0.1, 0.15) is 65.1 Å². The summed E-state index contributed by atoms with van der Waals surface area (Å²) in [7, 11) is 0. The van der Waals surface area contributed by atoms with Gasteiger partial charge in [-0.1, -0.05) is 73.5 Å². The molecule has 0 saturated carbocycles. The first kappa shape index (κ1) is 105. The van der Waals surface area contributed by atoms with Crippen LogP contribution in [0.5, 0.6) is 17.2 Å². The van der Waals surface area contributed by atoms with E-state index in [0.29, 0.717) is 64.8 Å². The number of benzene rings is 6. The van der Waals surface area contributed by atoms with E-state index in [4.69, 9.17) is 71.7 Å². The lowest BCUT2D eigenvalue weighted by molar-refractivity contribution is 0.0981. The molecule has 12 heterocycles. The monoisotopic (exact) mass is 2010 g/mol. The van der Waals surface area contributed by atoms with Gasteiger partial charge in [0.15, 0.2) is 57.8 Å². The third-order valence-corrected chi connectivity index (χ3v) is 25.8. The van der Waals surface area contributed by atoms with Gasteiger partial charge in [-0.15, -0.1) is 0 Å². The molecule has 0 unspecified atom stereocenters. The Morgan fingerprint density at radius 2 is 0.644 bits per heavy atom. The van der Waals surface area contributed by atoms with Crippen molar-refractivity contribution in [2.45, 2.75) is 134 Å². The van der Waals surface area contributed by atoms with Crippen molar-refractivity contribution in [2.24, 2.45) is 22.9 Å². The van der Waals surface area contributed by atoms with Crippen molar-refractivity contribution < 1.29 is 68.5 Å². The smallest absolute Gasteiger partial charge is 0.187 e. The number of carbonyl (C=O) groups excluding carboxylic acids is 4. The zero-order valence-electron chi connectivity index (χ0n) is 80.2. The minimum absolute atomic E-state index is 0.0132. The van der Waals surface area contributed by atoms with Gasteiger partial charge in [-0.05, 0) is 191 Å². The van der Waals surface area contributed by atoms with Crippen molar-refractivity contribution in [3.63, 3.8) is 0 Å². The first-order valence-electron chi connectivity index (χ1n) is 48.0. The summed E-state index contributed by atoms with van der Waals surface area (Å²) in [5, 5.41) is 0.466. The van der Waals surface area contributed by atoms with E-state index in [0.717, 1.165) is 150 Å². The highest BCUT2D eigenvalue weighted by molar-refractivity contribution is 6.31. The van der Waals surface area contributed by atoms with E-state index in [2.05, 4.69) is 59.5 Å². The second kappa shape index (κ2) is 49.2. The number of halogens is 9. The molecule has 4 saturated heterocycles. The molecule has 0 bridgehead atoms. The number of unbranched alkanes of at least 4 members (excludes halogenated alkanes) is 1. The molecule has 36 heteroatoms. The third kappa shape index (κ3) is 26.0. The Morgan fingerprint density at radius 1 is 0.342 bits per heavy atom. The zero-order valence-corrected chi connectivity index (χ0v) is 80.9. The fourth-order valence-electron chi connectivity index (χ4n) is 17.9. The minimum atomic E-state index is -1.03. The lowest BCUT2D eigenvalue weighted by atomic mass is 10.0. The van der Waals surface area contributed by atoms with E-state index in [1.807, 2.05) is 31.2 Å². The zero-order chi connectivity index (χ0) is 103. The first-order valence-corrected chi connectivity index (χ1v) is 48.4. The van der Waals surface area contributed by atoms with Crippen LogP contribution >= 0.6 is 11.6 Å². The van der Waals surface area contributed by atoms with Crippen LogP contribution in [0, 0.1) is 46.5 Å². The summed E-state index contributed by atoms with van der Waals surface area (Å²) >= 11 is 6.16. The Morgan fingerprint density at radius 3 is 0.973 bits per heavy atom. The average Bonchev–Trinajstić information content (AvgIpc) is 0.791. The Kier molecular flexibility index (Phi) is 35.4. The van der Waals surface area contributed by atoms with E-state index in [1.54, 1.807) is 110 Å². The van der Waals surface area contributed by atoms with Crippen molar-refractivity contribution in [1.82, 2.24) is 39.9 Å². The van der Waals surface area contributed by atoms with Gasteiger partial charge in [-0.2, -0.15) is 0 Å². The fourth-order valence-corrected chi connectivity index (χ4v) is 18.1. The molecule has 0 spiro atoms. The molecule has 0 amide bonds. The summed E-state index contributed by atoms with van der Waals surface area (Å²) in [4.78, 5) is 95.8. The van der Waals surface area contributed by atoms with Gasteiger partial charge in [0.05, 0.1) is 68.8 Å². The molecule has 4 atom stereocenters. The maximum absolute atomic E-state index is 15.5. The second-order valence-electron chi connectivity index (χ2n) is 36.0. The third-order valence-electron chi connectivity index (χ3n) is 25.4. The normalized spacial score (nSPS) is 15.6. The number of rotatable bonds is 30. The molecule has 146 heavy (non-hydrogen) atoms. The number of Topliss-reactive ketones (excluding diaryl/α,β-unsaturated/α-hetero) is 4. The summed E-state index contributed by atoms with van der Waals surface area (Å²) in [6.07, 6.45) is 22.6. The molecule has 18 rings (SSSR count). The molecule has 27 nitrogen and oxygen atoms in total. The molecule has 8 aromatic heterocycles. The van der Waals surface area contributed by atoms with Gasteiger partial charge in [0.2, 0.25) is 0 Å². The SMILES string of the molecule is CCCCOc1ccc(F)c(-c2ccc(N)c(C(=O)Cc3cnccc3N3CCC[C@H](N)C3)n2)c1F.Nc1ccc(-c2c(F)ccc(OCc3ccccc3Cl)c2F)nc1C(=O)Cc1cnccc1N1CCC[C@H](N)C1.Nc1ccc(-c2c(F)ccc(OCc3ccccc3F)c2F)nc1C(=O)Cc1cnccc1N1CCC[C@H](N)C1.Nc1ccc(-c2ccccc2F)nc1C(=O)Cc1cnccc1N1CCC[C@@H](N)C1. The van der Waals surface area contributed by atoms with Gasteiger partial charge in [-0.25, -0.2) is 55.1 Å². The van der Waals surface area contributed by atoms with Crippen LogP contribution in [0.2, 0.25) is 5.02 Å². The van der Waals surface area contributed by atoms with Gasteiger partial charge in [0.25, 0.3) is 0 Å². The lowest BCUT2D eigenvalue weighted by Crippen LogP contribution is -2.43. The quantitative estimate of drug-likeness (QED) is 0.0118. The first-order chi connectivity index (χ1) is 70.5. The lowest BCUT2D eigenvalue weighted by Gasteiger charge is -2.33. The largest absolute Gasteiger partial charge is 0.490 e. The highest BCUT2D eigenvalue weighted by Crippen LogP contribution is 2.40. The number of hydrogen-bond acceptors (Lipinski definition) is 27. The number of ketones is 4. The van der Waals surface area contributed by atoms with Crippen LogP contribution in [-0.2, 0) is 38.9 Å². The van der Waals surface area contributed by atoms with Crippen LogP contribution in [0.4, 0.5) is 80.6 Å². The number of aromatic nitrogens is 8. The molecule has 14 aromatic rings. The van der Waals surface area contributed by atoms with E-state index < -0.39 is 69.2 Å². The highest BCUT2D eigenvalue weighted by Gasteiger charge is 2.32. The Balaban J connectivity index is 0.000000147. The molecule has 6 aromatic carbocycles. The molecule has 4 aliphatic heterocycles. The Labute approximate surface area is 844 Å². The van der Waals surface area contributed by atoms with E-state index >= 15 is 13.2 Å². The van der Waals surface area contributed by atoms with Gasteiger partial charge in [-0.3, -0.25) is 39.1 Å². The predicted molar refractivity (Wildman–Crippen MR) is 550 cm³/mol. The van der Waals surface area contributed by atoms with Crippen LogP contribution in [0.1, 0.15) is 146 Å². The maximum Gasteiger partial charge on any atom is 0.187 e. The molecule has 4 fully saturated rings. The van der Waals surface area contributed by atoms with Crippen LogP contribution in [-0.4, -0.2) is 146 Å². The number of nitrogens with zero attached hydrogens (tertiary/aromatic N) is 12. The number of piperidine rings is 4. The topological polar surface area (TPSA) is 420 Å². The number of ether oxygens (including phenoxy) is 3. The summed E-state index contributed by atoms with van der Waals surface area (Å²) < 4.78 is 135. The van der Waals surface area contributed by atoms with E-state index in [9.17, 15) is 41.1 Å². The second-order valence-corrected chi connectivity index (χ2v) is 36.4. The number of pyridine rings is 8. The van der Waals surface area contributed by atoms with Crippen molar-refractivity contribution in [2.75, 3.05) is 101 Å². The van der Waals surface area contributed by atoms with Crippen LogP contribution in [0.25, 0.3) is 45.0 Å². The fraction of sp³-hybridized carbons (Fsp3) is 0.273. The Bertz CT molecular complexity index is 6810. The average molecular weight is 2010 g/mol. The summed E-state index contributed by atoms with van der Waals surface area (Å²) in [6.45, 7) is 8.15. The predicted octanol–water partition coefficient (Wildman–Crippen LogP) is 18.4. The molecule has 756 valence electrons.